The van der Waals surface area contributed by atoms with Crippen molar-refractivity contribution in [3.8, 4) is 0 Å². The number of nitrogens with zero attached hydrogens (tertiary/aromatic N) is 1. The second-order valence-electron chi connectivity index (χ2n) is 4.23. The van der Waals surface area contributed by atoms with Crippen molar-refractivity contribution in [3.63, 3.8) is 0 Å². The van der Waals surface area contributed by atoms with Gasteiger partial charge in [-0.15, -0.1) is 0 Å². The summed E-state index contributed by atoms with van der Waals surface area (Å²) in [6, 6.07) is 3.89. The molecule has 0 saturated carbocycles. The summed E-state index contributed by atoms with van der Waals surface area (Å²) in [6.07, 6.45) is 2.68. The molecule has 1 aliphatic rings. The smallest absolute Gasteiger partial charge is 0.117 e. The van der Waals surface area contributed by atoms with Crippen LogP contribution in [0.15, 0.2) is 22.8 Å². The molecule has 1 aromatic heterocycles. The molecule has 0 aromatic carbocycles. The van der Waals surface area contributed by atoms with E-state index in [-0.39, 0.29) is 12.1 Å². The van der Waals surface area contributed by atoms with Gasteiger partial charge in [-0.2, -0.15) is 0 Å². The Morgan fingerprint density at radius 1 is 1.67 bits per heavy atom. The number of nitrogens with one attached hydrogen (secondary N) is 1. The molecule has 1 atom stereocenters. The molecule has 1 aliphatic heterocycles. The summed E-state index contributed by atoms with van der Waals surface area (Å²) in [4.78, 5) is 2.30. The normalized spacial score (nSPS) is 27.3. The first kappa shape index (κ1) is 10.7. The van der Waals surface area contributed by atoms with E-state index in [2.05, 4.69) is 10.2 Å². The van der Waals surface area contributed by atoms with E-state index in [1.807, 2.05) is 19.2 Å². The fourth-order valence-electron chi connectivity index (χ4n) is 2.13. The van der Waals surface area contributed by atoms with Gasteiger partial charge in [0.25, 0.3) is 0 Å². The highest BCUT2D eigenvalue weighted by atomic mass is 16.3. The SMILES string of the molecule is CNC1(CO)CCN(Cc2ccco2)C1. The molecule has 1 fully saturated rings. The molecule has 15 heavy (non-hydrogen) atoms. The Morgan fingerprint density at radius 3 is 3.07 bits per heavy atom. The standard InChI is InChI=1S/C11H18N2O2/c1-12-11(9-14)4-5-13(8-11)7-10-3-2-6-15-10/h2-3,6,12,14H,4-5,7-9H2,1H3. The first-order valence-electron chi connectivity index (χ1n) is 5.32. The van der Waals surface area contributed by atoms with Gasteiger partial charge >= 0.3 is 0 Å². The molecule has 84 valence electrons. The number of aliphatic hydroxyl groups is 1. The fourth-order valence-corrected chi connectivity index (χ4v) is 2.13. The molecule has 1 aromatic rings. The lowest BCUT2D eigenvalue weighted by molar-refractivity contribution is 0.165. The Labute approximate surface area is 89.9 Å². The molecule has 2 rings (SSSR count). The maximum Gasteiger partial charge on any atom is 0.117 e. The first-order chi connectivity index (χ1) is 7.28. The second kappa shape index (κ2) is 4.35. The van der Waals surface area contributed by atoms with Crippen LogP contribution in [-0.4, -0.2) is 42.3 Å². The van der Waals surface area contributed by atoms with Gasteiger partial charge in [-0.05, 0) is 25.6 Å². The predicted octanol–water partition coefficient (Wildman–Crippen LogP) is 0.436. The van der Waals surface area contributed by atoms with Gasteiger partial charge in [-0.3, -0.25) is 4.90 Å². The summed E-state index contributed by atoms with van der Waals surface area (Å²) in [6.45, 7) is 2.90. The third kappa shape index (κ3) is 2.22. The minimum atomic E-state index is -0.118. The van der Waals surface area contributed by atoms with Crippen molar-refractivity contribution in [2.45, 2.75) is 18.5 Å². The summed E-state index contributed by atoms with van der Waals surface area (Å²) < 4.78 is 5.31. The summed E-state index contributed by atoms with van der Waals surface area (Å²) in [5.41, 5.74) is -0.118. The van der Waals surface area contributed by atoms with E-state index in [9.17, 15) is 5.11 Å². The Hall–Kier alpha value is -0.840. The molecule has 0 radical (unpaired) electrons. The molecule has 1 unspecified atom stereocenters. The van der Waals surface area contributed by atoms with Gasteiger partial charge in [0.2, 0.25) is 0 Å². The predicted molar refractivity (Wildman–Crippen MR) is 57.5 cm³/mol. The van der Waals surface area contributed by atoms with Crippen LogP contribution in [0.4, 0.5) is 0 Å². The van der Waals surface area contributed by atoms with Crippen molar-refractivity contribution in [2.75, 3.05) is 26.7 Å². The van der Waals surface area contributed by atoms with E-state index < -0.39 is 0 Å². The van der Waals surface area contributed by atoms with Gasteiger partial charge in [-0.1, -0.05) is 0 Å². The lowest BCUT2D eigenvalue weighted by Gasteiger charge is -2.26. The van der Waals surface area contributed by atoms with E-state index in [1.54, 1.807) is 6.26 Å². The van der Waals surface area contributed by atoms with Crippen LogP contribution in [0.2, 0.25) is 0 Å². The molecule has 4 heteroatoms. The van der Waals surface area contributed by atoms with E-state index in [0.29, 0.717) is 0 Å². The van der Waals surface area contributed by atoms with Gasteiger partial charge < -0.3 is 14.8 Å². The molecular weight excluding hydrogens is 192 g/mol. The number of furan rings is 1. The largest absolute Gasteiger partial charge is 0.468 e. The quantitative estimate of drug-likeness (QED) is 0.757. The maximum absolute atomic E-state index is 9.35. The number of hydrogen-bond donors (Lipinski definition) is 2. The lowest BCUT2D eigenvalue weighted by atomic mass is 10.0. The van der Waals surface area contributed by atoms with Crippen molar-refractivity contribution >= 4 is 0 Å². The van der Waals surface area contributed by atoms with Crippen LogP contribution in [0.5, 0.6) is 0 Å². The monoisotopic (exact) mass is 210 g/mol. The van der Waals surface area contributed by atoms with Crippen molar-refractivity contribution in [1.82, 2.24) is 10.2 Å². The van der Waals surface area contributed by atoms with E-state index in [4.69, 9.17) is 4.42 Å². The summed E-state index contributed by atoms with van der Waals surface area (Å²) in [5, 5.41) is 12.6. The zero-order valence-corrected chi connectivity index (χ0v) is 9.07. The van der Waals surface area contributed by atoms with Crippen molar-refractivity contribution in [2.24, 2.45) is 0 Å². The van der Waals surface area contributed by atoms with Crippen LogP contribution in [0, 0.1) is 0 Å². The van der Waals surface area contributed by atoms with Gasteiger partial charge in [0.05, 0.1) is 25.0 Å². The topological polar surface area (TPSA) is 48.6 Å². The van der Waals surface area contributed by atoms with Crippen LogP contribution < -0.4 is 5.32 Å². The molecule has 2 heterocycles. The molecular formula is C11H18N2O2. The second-order valence-corrected chi connectivity index (χ2v) is 4.23. The summed E-state index contributed by atoms with van der Waals surface area (Å²) >= 11 is 0. The Kier molecular flexibility index (Phi) is 3.09. The Bertz CT molecular complexity index is 294. The maximum atomic E-state index is 9.35. The third-order valence-corrected chi connectivity index (χ3v) is 3.23. The summed E-state index contributed by atoms with van der Waals surface area (Å²) in [5.74, 6) is 0.986. The third-order valence-electron chi connectivity index (χ3n) is 3.23. The number of rotatable bonds is 4. The number of aliphatic hydroxyl groups excluding tert-OH is 1. The highest BCUT2D eigenvalue weighted by Gasteiger charge is 2.36. The van der Waals surface area contributed by atoms with Crippen molar-refractivity contribution < 1.29 is 9.52 Å². The molecule has 1 saturated heterocycles. The van der Waals surface area contributed by atoms with Crippen LogP contribution in [0.3, 0.4) is 0 Å². The Morgan fingerprint density at radius 2 is 2.53 bits per heavy atom. The zero-order chi connectivity index (χ0) is 10.7. The van der Waals surface area contributed by atoms with Crippen LogP contribution in [-0.2, 0) is 6.54 Å². The lowest BCUT2D eigenvalue weighted by Crippen LogP contribution is -2.48. The molecule has 0 aliphatic carbocycles. The molecule has 2 N–H and O–H groups in total. The summed E-state index contributed by atoms with van der Waals surface area (Å²) in [7, 11) is 1.91. The Balaban J connectivity index is 1.92. The van der Waals surface area contributed by atoms with Crippen molar-refractivity contribution in [3.05, 3.63) is 24.2 Å². The molecule has 0 bridgehead atoms. The molecule has 4 nitrogen and oxygen atoms in total. The van der Waals surface area contributed by atoms with E-state index in [0.717, 1.165) is 31.8 Å². The average molecular weight is 210 g/mol. The minimum Gasteiger partial charge on any atom is -0.468 e. The fraction of sp³-hybridized carbons (Fsp3) is 0.636. The zero-order valence-electron chi connectivity index (χ0n) is 9.07. The van der Waals surface area contributed by atoms with Crippen LogP contribution in [0.1, 0.15) is 12.2 Å². The van der Waals surface area contributed by atoms with Gasteiger partial charge in [0.15, 0.2) is 0 Å². The number of likely N-dealkylation sites (tertiary alicyclic amines) is 1. The highest BCUT2D eigenvalue weighted by Crippen LogP contribution is 2.22. The average Bonchev–Trinajstić information content (AvgIpc) is 2.89. The van der Waals surface area contributed by atoms with Gasteiger partial charge in [0.1, 0.15) is 5.76 Å². The van der Waals surface area contributed by atoms with Gasteiger partial charge in [0, 0.05) is 13.1 Å². The minimum absolute atomic E-state index is 0.118. The molecule has 0 amide bonds. The highest BCUT2D eigenvalue weighted by molar-refractivity contribution is 5.02. The molecule has 0 spiro atoms. The first-order valence-corrected chi connectivity index (χ1v) is 5.32. The van der Waals surface area contributed by atoms with Crippen LogP contribution in [0.25, 0.3) is 0 Å². The van der Waals surface area contributed by atoms with Crippen LogP contribution >= 0.6 is 0 Å². The van der Waals surface area contributed by atoms with E-state index in [1.165, 1.54) is 0 Å². The van der Waals surface area contributed by atoms with Crippen molar-refractivity contribution in [1.29, 1.82) is 0 Å². The van der Waals surface area contributed by atoms with Gasteiger partial charge in [-0.25, -0.2) is 0 Å². The number of hydrogen-bond acceptors (Lipinski definition) is 4. The number of likely N-dealkylation sites (N-methyl/N-ethyl adjacent to an activating group) is 1. The van der Waals surface area contributed by atoms with E-state index >= 15 is 0 Å².